The molecule has 1 rings (SSSR count). The van der Waals surface area contributed by atoms with Gasteiger partial charge in [0.25, 0.3) is 0 Å². The van der Waals surface area contributed by atoms with Gasteiger partial charge in [0.2, 0.25) is 0 Å². The molecule has 0 heterocycles. The summed E-state index contributed by atoms with van der Waals surface area (Å²) in [5.74, 6) is -0.218. The molecule has 2 N–H and O–H groups in total. The number of hydrogen-bond acceptors (Lipinski definition) is 4. The lowest BCUT2D eigenvalue weighted by atomic mass is 9.78. The SMILES string of the molecule is COC(=O)C(C)(CCCCCC(O)CO)c1cccc(I)c1. The Bertz CT molecular complexity index is 477. The first-order valence-electron chi connectivity index (χ1n) is 7.57. The summed E-state index contributed by atoms with van der Waals surface area (Å²) in [5.41, 5.74) is 0.326. The van der Waals surface area contributed by atoms with E-state index in [1.165, 1.54) is 7.11 Å². The zero-order chi connectivity index (χ0) is 16.6. The van der Waals surface area contributed by atoms with Gasteiger partial charge in [-0.25, -0.2) is 0 Å². The lowest BCUT2D eigenvalue weighted by Crippen LogP contribution is -2.34. The Labute approximate surface area is 146 Å². The van der Waals surface area contributed by atoms with Gasteiger partial charge in [0.1, 0.15) is 0 Å². The van der Waals surface area contributed by atoms with E-state index < -0.39 is 11.5 Å². The average Bonchev–Trinajstić information content (AvgIpc) is 2.53. The third kappa shape index (κ3) is 5.52. The van der Waals surface area contributed by atoms with Crippen molar-refractivity contribution in [2.24, 2.45) is 0 Å². The van der Waals surface area contributed by atoms with E-state index in [1.54, 1.807) is 0 Å². The Hall–Kier alpha value is -0.660. The lowest BCUT2D eigenvalue weighted by molar-refractivity contribution is -0.147. The van der Waals surface area contributed by atoms with Gasteiger partial charge in [0.05, 0.1) is 25.2 Å². The summed E-state index contributed by atoms with van der Waals surface area (Å²) in [6, 6.07) is 7.94. The lowest BCUT2D eigenvalue weighted by Gasteiger charge is -2.27. The van der Waals surface area contributed by atoms with Crippen LogP contribution >= 0.6 is 22.6 Å². The van der Waals surface area contributed by atoms with Gasteiger partial charge in [-0.2, -0.15) is 0 Å². The maximum Gasteiger partial charge on any atom is 0.315 e. The zero-order valence-corrected chi connectivity index (χ0v) is 15.4. The Morgan fingerprint density at radius 2 is 2.09 bits per heavy atom. The largest absolute Gasteiger partial charge is 0.468 e. The van der Waals surface area contributed by atoms with Crippen molar-refractivity contribution < 1.29 is 19.7 Å². The molecule has 0 aliphatic heterocycles. The van der Waals surface area contributed by atoms with Gasteiger partial charge in [-0.15, -0.1) is 0 Å². The van der Waals surface area contributed by atoms with Crippen molar-refractivity contribution in [1.82, 2.24) is 0 Å². The summed E-state index contributed by atoms with van der Waals surface area (Å²) in [7, 11) is 1.42. The molecule has 124 valence electrons. The highest BCUT2D eigenvalue weighted by molar-refractivity contribution is 14.1. The third-order valence-electron chi connectivity index (χ3n) is 4.02. The molecule has 0 saturated heterocycles. The molecule has 0 spiro atoms. The van der Waals surface area contributed by atoms with Gasteiger partial charge < -0.3 is 14.9 Å². The maximum atomic E-state index is 12.3. The first kappa shape index (κ1) is 19.4. The predicted molar refractivity (Wildman–Crippen MR) is 94.7 cm³/mol. The molecule has 0 aromatic heterocycles. The summed E-state index contributed by atoms with van der Waals surface area (Å²) >= 11 is 2.24. The number of carbonyl (C=O) groups is 1. The van der Waals surface area contributed by atoms with E-state index in [2.05, 4.69) is 22.6 Å². The molecule has 1 aromatic carbocycles. The molecule has 4 nitrogen and oxygen atoms in total. The Morgan fingerprint density at radius 3 is 2.68 bits per heavy atom. The van der Waals surface area contributed by atoms with Crippen LogP contribution in [0.5, 0.6) is 0 Å². The fraction of sp³-hybridized carbons (Fsp3) is 0.588. The Balaban J connectivity index is 2.67. The number of aliphatic hydroxyl groups excluding tert-OH is 2. The van der Waals surface area contributed by atoms with Gasteiger partial charge in [-0.3, -0.25) is 4.79 Å². The highest BCUT2D eigenvalue weighted by Gasteiger charge is 2.35. The van der Waals surface area contributed by atoms with Crippen LogP contribution in [0.25, 0.3) is 0 Å². The van der Waals surface area contributed by atoms with Crippen LogP contribution in [0.2, 0.25) is 0 Å². The fourth-order valence-electron chi connectivity index (χ4n) is 2.55. The predicted octanol–water partition coefficient (Wildman–Crippen LogP) is 3.03. The van der Waals surface area contributed by atoms with Crippen LogP contribution < -0.4 is 0 Å². The van der Waals surface area contributed by atoms with E-state index in [0.717, 1.165) is 28.4 Å². The molecule has 0 saturated carbocycles. The highest BCUT2D eigenvalue weighted by Crippen LogP contribution is 2.32. The van der Waals surface area contributed by atoms with Crippen molar-refractivity contribution in [3.63, 3.8) is 0 Å². The first-order chi connectivity index (χ1) is 10.4. The summed E-state index contributed by atoms with van der Waals surface area (Å²) in [4.78, 5) is 12.3. The molecule has 5 heteroatoms. The average molecular weight is 420 g/mol. The van der Waals surface area contributed by atoms with Crippen molar-refractivity contribution in [2.75, 3.05) is 13.7 Å². The number of hydrogen-bond donors (Lipinski definition) is 2. The van der Waals surface area contributed by atoms with E-state index >= 15 is 0 Å². The van der Waals surface area contributed by atoms with Crippen molar-refractivity contribution in [2.45, 2.75) is 50.5 Å². The number of carbonyl (C=O) groups excluding carboxylic acids is 1. The minimum atomic E-state index is -0.647. The molecule has 2 atom stereocenters. The third-order valence-corrected chi connectivity index (χ3v) is 4.69. The minimum Gasteiger partial charge on any atom is -0.468 e. The number of benzene rings is 1. The van der Waals surface area contributed by atoms with Crippen LogP contribution in [0.1, 0.15) is 44.6 Å². The van der Waals surface area contributed by atoms with E-state index in [9.17, 15) is 9.90 Å². The van der Waals surface area contributed by atoms with Gasteiger partial charge in [-0.05, 0) is 60.1 Å². The molecule has 2 unspecified atom stereocenters. The van der Waals surface area contributed by atoms with Crippen molar-refractivity contribution in [1.29, 1.82) is 0 Å². The number of aliphatic hydroxyl groups is 2. The molecule has 0 bridgehead atoms. The second-order valence-corrected chi connectivity index (χ2v) is 7.02. The second kappa shape index (κ2) is 9.47. The van der Waals surface area contributed by atoms with Gasteiger partial charge in [0.15, 0.2) is 0 Å². The van der Waals surface area contributed by atoms with E-state index in [1.807, 2.05) is 31.2 Å². The van der Waals surface area contributed by atoms with E-state index in [4.69, 9.17) is 9.84 Å². The molecule has 0 radical (unpaired) electrons. The number of unbranched alkanes of at least 4 members (excludes halogenated alkanes) is 2. The van der Waals surface area contributed by atoms with Crippen LogP contribution in [0.15, 0.2) is 24.3 Å². The standard InChI is InChI=1S/C17H25IO4/c1-17(16(21)22-2,13-7-6-8-14(18)11-13)10-5-3-4-9-15(20)12-19/h6-8,11,15,19-20H,3-5,9-10,12H2,1-2H3. The molecule has 0 fully saturated rings. The number of ether oxygens (including phenoxy) is 1. The summed E-state index contributed by atoms with van der Waals surface area (Å²) in [6.07, 6.45) is 3.28. The van der Waals surface area contributed by atoms with E-state index in [0.29, 0.717) is 12.8 Å². The molecule has 0 aliphatic rings. The molecule has 0 amide bonds. The van der Waals surface area contributed by atoms with Gasteiger partial charge >= 0.3 is 5.97 Å². The fourth-order valence-corrected chi connectivity index (χ4v) is 3.09. The van der Waals surface area contributed by atoms with Crippen LogP contribution in [0.3, 0.4) is 0 Å². The smallest absolute Gasteiger partial charge is 0.315 e. The van der Waals surface area contributed by atoms with Crippen molar-refractivity contribution in [3.8, 4) is 0 Å². The maximum absolute atomic E-state index is 12.3. The summed E-state index contributed by atoms with van der Waals surface area (Å²) < 4.78 is 6.10. The highest BCUT2D eigenvalue weighted by atomic mass is 127. The normalized spacial score (nSPS) is 15.1. The van der Waals surface area contributed by atoms with Gasteiger partial charge in [-0.1, -0.05) is 31.4 Å². The minimum absolute atomic E-state index is 0.192. The summed E-state index contributed by atoms with van der Waals surface area (Å²) in [5, 5.41) is 18.1. The molecule has 0 aliphatic carbocycles. The van der Waals surface area contributed by atoms with Crippen LogP contribution in [0, 0.1) is 3.57 Å². The molecular weight excluding hydrogens is 395 g/mol. The van der Waals surface area contributed by atoms with Crippen LogP contribution in [-0.2, 0) is 14.9 Å². The van der Waals surface area contributed by atoms with Crippen LogP contribution in [0.4, 0.5) is 0 Å². The number of rotatable bonds is 9. The molecule has 1 aromatic rings. The Morgan fingerprint density at radius 1 is 1.36 bits per heavy atom. The second-order valence-electron chi connectivity index (χ2n) is 5.77. The van der Waals surface area contributed by atoms with Crippen LogP contribution in [-0.4, -0.2) is 36.0 Å². The zero-order valence-electron chi connectivity index (χ0n) is 13.2. The van der Waals surface area contributed by atoms with Crippen molar-refractivity contribution in [3.05, 3.63) is 33.4 Å². The summed E-state index contributed by atoms with van der Waals surface area (Å²) in [6.45, 7) is 1.73. The Kier molecular flexibility index (Phi) is 8.35. The number of methoxy groups -OCH3 is 1. The molecule has 22 heavy (non-hydrogen) atoms. The van der Waals surface area contributed by atoms with E-state index in [-0.39, 0.29) is 12.6 Å². The monoisotopic (exact) mass is 420 g/mol. The quantitative estimate of drug-likeness (QED) is 0.366. The first-order valence-corrected chi connectivity index (χ1v) is 8.65. The molecular formula is C17H25IO4. The number of esters is 1. The number of halogens is 1. The van der Waals surface area contributed by atoms with Crippen molar-refractivity contribution >= 4 is 28.6 Å². The topological polar surface area (TPSA) is 66.8 Å². The van der Waals surface area contributed by atoms with Gasteiger partial charge in [0, 0.05) is 3.57 Å².